The van der Waals surface area contributed by atoms with Gasteiger partial charge in [0.2, 0.25) is 0 Å². The van der Waals surface area contributed by atoms with Crippen LogP contribution < -0.4 is 0 Å². The van der Waals surface area contributed by atoms with E-state index < -0.39 is 17.1 Å². The fraction of sp³-hybridized carbons (Fsp3) is 0.714. The van der Waals surface area contributed by atoms with Crippen molar-refractivity contribution in [1.82, 2.24) is 0 Å². The van der Waals surface area contributed by atoms with Crippen LogP contribution in [0.25, 0.3) is 0 Å². The minimum absolute atomic E-state index is 0. The molecule has 0 unspecified atom stereocenters. The summed E-state index contributed by atoms with van der Waals surface area (Å²) in [5.41, 5.74) is 7.21. The van der Waals surface area contributed by atoms with E-state index in [1.165, 1.54) is 25.7 Å². The van der Waals surface area contributed by atoms with E-state index in [0.29, 0.717) is 0 Å². The topological polar surface area (TPSA) is 0 Å². The van der Waals surface area contributed by atoms with Gasteiger partial charge in [0, 0.05) is 0 Å². The summed E-state index contributed by atoms with van der Waals surface area (Å²) in [6, 6.07) is 0. The van der Waals surface area contributed by atoms with Crippen LogP contribution in [0.2, 0.25) is 9.36 Å². The Hall–Kier alpha value is 0.627. The Morgan fingerprint density at radius 3 is 1.22 bits per heavy atom. The van der Waals surface area contributed by atoms with E-state index in [2.05, 4.69) is 97.7 Å². The van der Waals surface area contributed by atoms with Crippen LogP contribution in [0.4, 0.5) is 0 Å². The van der Waals surface area contributed by atoms with Gasteiger partial charge < -0.3 is 0 Å². The Labute approximate surface area is 215 Å². The first-order valence-corrected chi connectivity index (χ1v) is 31.4. The zero-order valence-electron chi connectivity index (χ0n) is 23.2. The Balaban J connectivity index is 0.00000480. The van der Waals surface area contributed by atoms with E-state index in [4.69, 9.17) is 0 Å². The van der Waals surface area contributed by atoms with Crippen molar-refractivity contribution < 1.29 is 17.1 Å². The molecule has 0 aromatic rings. The van der Waals surface area contributed by atoms with E-state index >= 15 is 0 Å². The van der Waals surface area contributed by atoms with Gasteiger partial charge >= 0.3 is 192 Å². The van der Waals surface area contributed by atoms with Crippen LogP contribution in [-0.4, -0.2) is 6.94 Å². The van der Waals surface area contributed by atoms with Crippen LogP contribution in [0.5, 0.6) is 0 Å². The van der Waals surface area contributed by atoms with Crippen molar-refractivity contribution in [2.45, 2.75) is 104 Å². The average molecular weight is 666 g/mol. The van der Waals surface area contributed by atoms with Gasteiger partial charge in [-0.25, -0.2) is 0 Å². The number of hydrogen-bond acceptors (Lipinski definition) is 0. The second-order valence-corrected chi connectivity index (χ2v) is 55.1. The maximum atomic E-state index is 2.76. The molecule has 0 aromatic carbocycles. The molecule has 0 atom stereocenters. The van der Waals surface area contributed by atoms with Crippen molar-refractivity contribution in [3.63, 3.8) is 0 Å². The third kappa shape index (κ3) is 7.31. The first-order chi connectivity index (χ1) is 13.3. The van der Waals surface area contributed by atoms with Gasteiger partial charge in [-0.3, -0.25) is 0 Å². The van der Waals surface area contributed by atoms with Crippen molar-refractivity contribution >= 4 is 31.8 Å². The Morgan fingerprint density at radius 2 is 1.00 bits per heavy atom. The molecule has 0 saturated carbocycles. The summed E-state index contributed by atoms with van der Waals surface area (Å²) in [6.45, 7) is 26.5. The molecule has 4 heteroatoms. The van der Waals surface area contributed by atoms with Crippen LogP contribution in [0.3, 0.4) is 0 Å². The van der Waals surface area contributed by atoms with E-state index in [0.717, 1.165) is 11.8 Å². The molecule has 32 heavy (non-hydrogen) atoms. The standard InChI is InChI=1S/2C13H21.2CH3.2ClH.Hf.H2Si/c2*1-10(2)8-11-6-7-12(9-11)13(3,4)5;;;;;;/h2*9-10H,6,8H2,1-5H3;2*1H3;2*1H;;1H2. The molecule has 0 fully saturated rings. The van der Waals surface area contributed by atoms with Crippen molar-refractivity contribution in [2.75, 3.05) is 0 Å². The number of halogens is 2. The van der Waals surface area contributed by atoms with Gasteiger partial charge in [-0.2, -0.15) is 0 Å². The summed E-state index contributed by atoms with van der Waals surface area (Å²) in [6.07, 6.45) is 10.2. The molecule has 2 rings (SSSR count). The maximum Gasteiger partial charge on any atom is -0.147 e. The molecule has 0 radical (unpaired) electrons. The SMILES string of the molecule is CC(C)CC1=CC(C(C)(C)C)=[C]([Hf]([CH3])([CH3])(=[SiH2])[C]2=C(C(C)(C)C)C=C(CC(C)C)C2)C1.Cl.Cl. The molecule has 0 aromatic heterocycles. The van der Waals surface area contributed by atoms with Crippen molar-refractivity contribution in [3.8, 4) is 0 Å². The molecule has 0 heterocycles. The quantitative estimate of drug-likeness (QED) is 0.248. The third-order valence-corrected chi connectivity index (χ3v) is 31.1. The molecule has 0 nitrogen and oxygen atoms in total. The monoisotopic (exact) mass is 666 g/mol. The number of rotatable bonds is 6. The maximum absolute atomic E-state index is 3.44. The van der Waals surface area contributed by atoms with Gasteiger partial charge in [0.05, 0.1) is 0 Å². The van der Waals surface area contributed by atoms with Gasteiger partial charge in [-0.1, -0.05) is 0 Å². The summed E-state index contributed by atoms with van der Waals surface area (Å²) < 4.78 is 9.31. The predicted molar refractivity (Wildman–Crippen MR) is 152 cm³/mol. The number of hydrogen-bond donors (Lipinski definition) is 0. The molecular weight excluding hydrogens is 614 g/mol. The van der Waals surface area contributed by atoms with Crippen molar-refractivity contribution in [1.29, 1.82) is 0 Å². The summed E-state index contributed by atoms with van der Waals surface area (Å²) in [4.78, 5) is 0. The molecule has 0 spiro atoms. The smallest absolute Gasteiger partial charge is 0.147 e. The van der Waals surface area contributed by atoms with Gasteiger partial charge in [-0.05, 0) is 0 Å². The Morgan fingerprint density at radius 1 is 0.719 bits per heavy atom. The van der Waals surface area contributed by atoms with Crippen LogP contribution >= 0.6 is 24.8 Å². The first kappa shape index (κ1) is 32.6. The van der Waals surface area contributed by atoms with Crippen molar-refractivity contribution in [2.24, 2.45) is 22.7 Å². The van der Waals surface area contributed by atoms with Crippen LogP contribution in [0.1, 0.15) is 94.9 Å². The molecule has 0 bridgehead atoms. The zero-order chi connectivity index (χ0) is 23.3. The van der Waals surface area contributed by atoms with Gasteiger partial charge in [0.1, 0.15) is 0 Å². The second-order valence-electron chi connectivity index (χ2n) is 14.1. The molecular formula is C28H52Cl2HfSi. The molecule has 2 aliphatic rings. The Kier molecular flexibility index (Phi) is 10.9. The predicted octanol–water partition coefficient (Wildman–Crippen LogP) is 9.52. The summed E-state index contributed by atoms with van der Waals surface area (Å²) >= 11 is -3.44. The second kappa shape index (κ2) is 10.7. The van der Waals surface area contributed by atoms with Crippen LogP contribution in [0.15, 0.2) is 41.1 Å². The average Bonchev–Trinajstić information content (AvgIpc) is 3.10. The molecule has 186 valence electrons. The molecule has 0 N–H and O–H groups in total. The molecule has 0 aliphatic heterocycles. The molecule has 0 amide bonds. The summed E-state index contributed by atoms with van der Waals surface area (Å²) in [5, 5.41) is 0. The molecule has 0 saturated heterocycles. The first-order valence-electron chi connectivity index (χ1n) is 12.3. The van der Waals surface area contributed by atoms with Gasteiger partial charge in [0.25, 0.3) is 0 Å². The largest absolute Gasteiger partial charge is 0.147 e. The minimum Gasteiger partial charge on any atom is -0.147 e. The van der Waals surface area contributed by atoms with E-state index in [9.17, 15) is 0 Å². The Bertz CT molecular complexity index is 823. The normalized spacial score (nSPS) is 18.2. The van der Waals surface area contributed by atoms with E-state index in [1.807, 2.05) is 6.66 Å². The van der Waals surface area contributed by atoms with Crippen LogP contribution in [-0.2, 0) is 17.1 Å². The summed E-state index contributed by atoms with van der Waals surface area (Å²) in [5.74, 6) is 1.48. The molecule has 2 aliphatic carbocycles. The van der Waals surface area contributed by atoms with Crippen LogP contribution in [0, 0.1) is 22.7 Å². The van der Waals surface area contributed by atoms with E-state index in [-0.39, 0.29) is 35.6 Å². The summed E-state index contributed by atoms with van der Waals surface area (Å²) in [7, 11) is 0. The fourth-order valence-electron chi connectivity index (χ4n) is 5.59. The van der Waals surface area contributed by atoms with Crippen molar-refractivity contribution in [3.05, 3.63) is 41.1 Å². The fourth-order valence-corrected chi connectivity index (χ4v) is 27.2. The third-order valence-electron chi connectivity index (χ3n) is 7.05. The van der Waals surface area contributed by atoms with Gasteiger partial charge in [-0.15, -0.1) is 24.8 Å². The van der Waals surface area contributed by atoms with E-state index in [1.54, 1.807) is 22.3 Å². The van der Waals surface area contributed by atoms with Gasteiger partial charge in [0.15, 0.2) is 0 Å². The zero-order valence-corrected chi connectivity index (χ0v) is 29.8. The number of allylic oxidation sites excluding steroid dienone is 8. The minimum atomic E-state index is -3.44.